The Bertz CT molecular complexity index is 813. The molecule has 0 aliphatic carbocycles. The molecule has 10 heteroatoms. The molecule has 0 bridgehead atoms. The van der Waals surface area contributed by atoms with Crippen molar-refractivity contribution < 1.29 is 27.1 Å². The Balaban J connectivity index is 2.08. The molecule has 2 aromatic rings. The second kappa shape index (κ2) is 9.18. The first-order valence-electron chi connectivity index (χ1n) is 8.29. The molecule has 1 atom stereocenters. The number of nitrogens with zero attached hydrogens (tertiary/aromatic N) is 3. The maximum atomic E-state index is 13.6. The molecule has 1 aromatic carbocycles. The molecule has 152 valence electrons. The SMILES string of the molecule is CC(=O)N(CCc1ccc(OCC(F)(F)F)cc1)c1ncnc(C(C)F)c1Cl. The van der Waals surface area contributed by atoms with Crippen LogP contribution in [0.5, 0.6) is 5.75 Å². The molecular weight excluding hydrogens is 402 g/mol. The van der Waals surface area contributed by atoms with Gasteiger partial charge in [-0.3, -0.25) is 9.69 Å². The third-order valence-electron chi connectivity index (χ3n) is 3.76. The summed E-state index contributed by atoms with van der Waals surface area (Å²) in [6.45, 7) is 1.42. The second-order valence-corrected chi connectivity index (χ2v) is 6.36. The molecule has 1 heterocycles. The molecule has 28 heavy (non-hydrogen) atoms. The van der Waals surface area contributed by atoms with Gasteiger partial charge < -0.3 is 4.74 Å². The number of hydrogen-bond donors (Lipinski definition) is 0. The van der Waals surface area contributed by atoms with Crippen molar-refractivity contribution in [3.8, 4) is 5.75 Å². The largest absolute Gasteiger partial charge is 0.484 e. The smallest absolute Gasteiger partial charge is 0.422 e. The van der Waals surface area contributed by atoms with Crippen molar-refractivity contribution in [1.29, 1.82) is 0 Å². The standard InChI is InChI=1S/C18H18ClF4N3O2/c1-11(20)16-15(19)17(25-10-24-16)26(12(2)27)8-7-13-3-5-14(6-4-13)28-9-18(21,22)23/h3-6,10-11H,7-9H2,1-2H3. The maximum absolute atomic E-state index is 13.6. The molecule has 0 saturated heterocycles. The number of carbonyl (C=O) groups is 1. The van der Waals surface area contributed by atoms with E-state index < -0.39 is 19.0 Å². The Morgan fingerprint density at radius 2 is 1.89 bits per heavy atom. The summed E-state index contributed by atoms with van der Waals surface area (Å²) in [5.74, 6) is -0.151. The number of benzene rings is 1. The molecule has 0 N–H and O–H groups in total. The van der Waals surface area contributed by atoms with Gasteiger partial charge in [-0.25, -0.2) is 14.4 Å². The van der Waals surface area contributed by atoms with Crippen LogP contribution < -0.4 is 9.64 Å². The minimum Gasteiger partial charge on any atom is -0.484 e. The van der Waals surface area contributed by atoms with Gasteiger partial charge in [0.25, 0.3) is 0 Å². The Labute approximate surface area is 164 Å². The number of amides is 1. The molecule has 2 rings (SSSR count). The predicted molar refractivity (Wildman–Crippen MR) is 96.3 cm³/mol. The van der Waals surface area contributed by atoms with E-state index in [1.165, 1.54) is 30.9 Å². The van der Waals surface area contributed by atoms with E-state index in [1.807, 2.05) is 0 Å². The zero-order chi connectivity index (χ0) is 20.9. The Hall–Kier alpha value is -2.42. The van der Waals surface area contributed by atoms with Gasteiger partial charge in [0.1, 0.15) is 23.3 Å². The Morgan fingerprint density at radius 1 is 1.25 bits per heavy atom. The summed E-state index contributed by atoms with van der Waals surface area (Å²) in [7, 11) is 0. The lowest BCUT2D eigenvalue weighted by molar-refractivity contribution is -0.153. The van der Waals surface area contributed by atoms with Crippen LogP contribution in [-0.2, 0) is 11.2 Å². The fourth-order valence-electron chi connectivity index (χ4n) is 2.41. The lowest BCUT2D eigenvalue weighted by Gasteiger charge is -2.22. The minimum absolute atomic E-state index is 0.0101. The Morgan fingerprint density at radius 3 is 2.43 bits per heavy atom. The number of hydrogen-bond acceptors (Lipinski definition) is 4. The lowest BCUT2D eigenvalue weighted by Crippen LogP contribution is -2.32. The van der Waals surface area contributed by atoms with E-state index in [2.05, 4.69) is 14.7 Å². The first-order valence-corrected chi connectivity index (χ1v) is 8.67. The highest BCUT2D eigenvalue weighted by molar-refractivity contribution is 6.34. The van der Waals surface area contributed by atoms with Crippen LogP contribution >= 0.6 is 11.6 Å². The van der Waals surface area contributed by atoms with Crippen LogP contribution in [0.1, 0.15) is 31.3 Å². The van der Waals surface area contributed by atoms with Crippen LogP contribution in [0.4, 0.5) is 23.4 Å². The number of rotatable bonds is 7. The summed E-state index contributed by atoms with van der Waals surface area (Å²) >= 11 is 6.15. The van der Waals surface area contributed by atoms with E-state index in [1.54, 1.807) is 12.1 Å². The van der Waals surface area contributed by atoms with E-state index in [-0.39, 0.29) is 34.7 Å². The summed E-state index contributed by atoms with van der Waals surface area (Å²) in [6, 6.07) is 6.03. The van der Waals surface area contributed by atoms with Gasteiger partial charge in [0, 0.05) is 13.5 Å². The first-order chi connectivity index (χ1) is 13.1. The molecule has 0 aliphatic rings. The quantitative estimate of drug-likeness (QED) is 0.610. The normalized spacial score (nSPS) is 12.5. The highest BCUT2D eigenvalue weighted by Crippen LogP contribution is 2.31. The van der Waals surface area contributed by atoms with Crippen molar-refractivity contribution in [3.63, 3.8) is 0 Å². The molecule has 1 aromatic heterocycles. The van der Waals surface area contributed by atoms with Gasteiger partial charge in [-0.15, -0.1) is 0 Å². The topological polar surface area (TPSA) is 55.3 Å². The number of alkyl halides is 4. The maximum Gasteiger partial charge on any atom is 0.422 e. The average Bonchev–Trinajstić information content (AvgIpc) is 2.61. The average molecular weight is 420 g/mol. The van der Waals surface area contributed by atoms with Crippen molar-refractivity contribution in [2.45, 2.75) is 32.6 Å². The first kappa shape index (κ1) is 21.9. The molecule has 0 fully saturated rings. The zero-order valence-corrected chi connectivity index (χ0v) is 15.9. The molecule has 1 unspecified atom stereocenters. The van der Waals surface area contributed by atoms with E-state index >= 15 is 0 Å². The van der Waals surface area contributed by atoms with E-state index in [9.17, 15) is 22.4 Å². The van der Waals surface area contributed by atoms with Crippen molar-refractivity contribution >= 4 is 23.3 Å². The van der Waals surface area contributed by atoms with Gasteiger partial charge in [-0.1, -0.05) is 23.7 Å². The number of ether oxygens (including phenoxy) is 1. The van der Waals surface area contributed by atoms with Gasteiger partial charge in [0.2, 0.25) is 5.91 Å². The Kier molecular flexibility index (Phi) is 7.17. The summed E-state index contributed by atoms with van der Waals surface area (Å²) < 4.78 is 54.8. The number of halogens is 5. The lowest BCUT2D eigenvalue weighted by atomic mass is 10.1. The van der Waals surface area contributed by atoms with E-state index in [0.29, 0.717) is 6.42 Å². The van der Waals surface area contributed by atoms with Gasteiger partial charge in [-0.05, 0) is 31.0 Å². The van der Waals surface area contributed by atoms with Crippen LogP contribution in [0.3, 0.4) is 0 Å². The molecule has 1 amide bonds. The van der Waals surface area contributed by atoms with Gasteiger partial charge >= 0.3 is 6.18 Å². The predicted octanol–water partition coefficient (Wildman–Crippen LogP) is 4.70. The fraction of sp³-hybridized carbons (Fsp3) is 0.389. The van der Waals surface area contributed by atoms with Crippen molar-refractivity contribution in [2.75, 3.05) is 18.1 Å². The van der Waals surface area contributed by atoms with Crippen LogP contribution in [-0.4, -0.2) is 35.2 Å². The zero-order valence-electron chi connectivity index (χ0n) is 15.1. The van der Waals surface area contributed by atoms with Crippen LogP contribution in [0, 0.1) is 0 Å². The van der Waals surface area contributed by atoms with Crippen LogP contribution in [0.15, 0.2) is 30.6 Å². The summed E-state index contributed by atoms with van der Waals surface area (Å²) in [4.78, 5) is 21.1. The van der Waals surface area contributed by atoms with Crippen molar-refractivity contribution in [3.05, 3.63) is 46.9 Å². The van der Waals surface area contributed by atoms with Gasteiger partial charge in [0.15, 0.2) is 12.4 Å². The van der Waals surface area contributed by atoms with Gasteiger partial charge in [0.05, 0.1) is 5.69 Å². The van der Waals surface area contributed by atoms with Crippen LogP contribution in [0.2, 0.25) is 5.02 Å². The summed E-state index contributed by atoms with van der Waals surface area (Å²) in [5, 5.41) is -0.0383. The molecule has 0 aliphatic heterocycles. The fourth-order valence-corrected chi connectivity index (χ4v) is 2.76. The van der Waals surface area contributed by atoms with Crippen molar-refractivity contribution in [1.82, 2.24) is 9.97 Å². The molecule has 0 radical (unpaired) electrons. The van der Waals surface area contributed by atoms with Crippen LogP contribution in [0.25, 0.3) is 0 Å². The van der Waals surface area contributed by atoms with Crippen molar-refractivity contribution in [2.24, 2.45) is 0 Å². The summed E-state index contributed by atoms with van der Waals surface area (Å²) in [6.07, 6.45) is -4.32. The molecule has 5 nitrogen and oxygen atoms in total. The second-order valence-electron chi connectivity index (χ2n) is 5.98. The summed E-state index contributed by atoms with van der Waals surface area (Å²) in [5.41, 5.74) is 0.749. The van der Waals surface area contributed by atoms with Gasteiger partial charge in [-0.2, -0.15) is 13.2 Å². The number of aromatic nitrogens is 2. The molecular formula is C18H18ClF4N3O2. The molecule has 0 spiro atoms. The van der Waals surface area contributed by atoms with E-state index in [0.717, 1.165) is 11.9 Å². The third kappa shape index (κ3) is 6.05. The monoisotopic (exact) mass is 419 g/mol. The third-order valence-corrected chi connectivity index (χ3v) is 4.12. The number of anilines is 1. The highest BCUT2D eigenvalue weighted by atomic mass is 35.5. The van der Waals surface area contributed by atoms with E-state index in [4.69, 9.17) is 11.6 Å². The minimum atomic E-state index is -4.41. The highest BCUT2D eigenvalue weighted by Gasteiger charge is 2.28. The number of carbonyl (C=O) groups excluding carboxylic acids is 1. The molecule has 0 saturated carbocycles.